The fraction of sp³-hybridized carbons (Fsp3) is 0.571. The molecule has 2 nitrogen and oxygen atoms in total. The molecule has 1 aliphatic heterocycles. The van der Waals surface area contributed by atoms with Crippen molar-refractivity contribution in [3.63, 3.8) is 0 Å². The van der Waals surface area contributed by atoms with Crippen molar-refractivity contribution in [2.45, 2.75) is 19.5 Å². The molecule has 1 heterocycles. The lowest BCUT2D eigenvalue weighted by Crippen LogP contribution is -2.26. The Morgan fingerprint density at radius 3 is 2.53 bits per heavy atom. The summed E-state index contributed by atoms with van der Waals surface area (Å²) in [5.41, 5.74) is 0.298. The summed E-state index contributed by atoms with van der Waals surface area (Å²) < 4.78 is 37.4. The van der Waals surface area contributed by atoms with Gasteiger partial charge < -0.3 is 10.2 Å². The average Bonchev–Trinajstić information content (AvgIpc) is 2.84. The number of anilines is 1. The molecule has 106 valence electrons. The Bertz CT molecular complexity index is 400. The Balaban J connectivity index is 1.96. The van der Waals surface area contributed by atoms with Crippen LogP contribution in [0.25, 0.3) is 0 Å². The van der Waals surface area contributed by atoms with E-state index in [0.29, 0.717) is 5.92 Å². The Kier molecular flexibility index (Phi) is 4.34. The molecule has 0 bridgehead atoms. The van der Waals surface area contributed by atoms with Crippen LogP contribution in [-0.4, -0.2) is 26.2 Å². The van der Waals surface area contributed by atoms with Crippen LogP contribution in [0.3, 0.4) is 0 Å². The number of alkyl halides is 3. The zero-order chi connectivity index (χ0) is 13.9. The molecular formula is C14H19F3N2. The van der Waals surface area contributed by atoms with Gasteiger partial charge in [-0.15, -0.1) is 0 Å². The molecule has 1 fully saturated rings. The molecule has 0 aliphatic carbocycles. The summed E-state index contributed by atoms with van der Waals surface area (Å²) in [6.45, 7) is 5.84. The van der Waals surface area contributed by atoms with Gasteiger partial charge in [-0.05, 0) is 49.7 Å². The van der Waals surface area contributed by atoms with E-state index in [2.05, 4.69) is 17.1 Å². The number of nitrogens with one attached hydrogen (secondary N) is 1. The zero-order valence-corrected chi connectivity index (χ0v) is 11.0. The fourth-order valence-electron chi connectivity index (χ4n) is 2.44. The second-order valence-corrected chi connectivity index (χ2v) is 4.95. The maximum Gasteiger partial charge on any atom is 0.416 e. The van der Waals surface area contributed by atoms with Gasteiger partial charge in [-0.2, -0.15) is 13.2 Å². The lowest BCUT2D eigenvalue weighted by molar-refractivity contribution is -0.137. The Morgan fingerprint density at radius 1 is 1.26 bits per heavy atom. The molecule has 1 atom stereocenters. The van der Waals surface area contributed by atoms with Gasteiger partial charge in [0.2, 0.25) is 0 Å². The van der Waals surface area contributed by atoms with Gasteiger partial charge in [0.05, 0.1) is 5.56 Å². The topological polar surface area (TPSA) is 15.3 Å². The minimum absolute atomic E-state index is 0.584. The van der Waals surface area contributed by atoms with E-state index in [-0.39, 0.29) is 0 Å². The zero-order valence-electron chi connectivity index (χ0n) is 11.0. The summed E-state index contributed by atoms with van der Waals surface area (Å²) in [6.07, 6.45) is -3.16. The van der Waals surface area contributed by atoms with Crippen LogP contribution < -0.4 is 10.2 Å². The summed E-state index contributed by atoms with van der Waals surface area (Å²) in [5, 5.41) is 3.32. The number of nitrogens with zero attached hydrogens (tertiary/aromatic N) is 1. The van der Waals surface area contributed by atoms with Crippen LogP contribution in [0.15, 0.2) is 24.3 Å². The summed E-state index contributed by atoms with van der Waals surface area (Å²) in [7, 11) is 0. The van der Waals surface area contributed by atoms with Gasteiger partial charge in [-0.25, -0.2) is 0 Å². The fourth-order valence-corrected chi connectivity index (χ4v) is 2.44. The molecule has 19 heavy (non-hydrogen) atoms. The minimum atomic E-state index is -4.25. The second kappa shape index (κ2) is 5.82. The summed E-state index contributed by atoms with van der Waals surface area (Å²) in [6, 6.07) is 5.46. The van der Waals surface area contributed by atoms with Gasteiger partial charge in [-0.1, -0.05) is 6.92 Å². The van der Waals surface area contributed by atoms with Crippen LogP contribution >= 0.6 is 0 Å². The van der Waals surface area contributed by atoms with Gasteiger partial charge in [0.25, 0.3) is 0 Å². The lowest BCUT2D eigenvalue weighted by Gasteiger charge is -2.19. The van der Waals surface area contributed by atoms with Crippen LogP contribution in [0, 0.1) is 5.92 Å². The third-order valence-corrected chi connectivity index (χ3v) is 3.53. The third-order valence-electron chi connectivity index (χ3n) is 3.53. The highest BCUT2D eigenvalue weighted by atomic mass is 19.4. The van der Waals surface area contributed by atoms with Crippen LogP contribution in [0.2, 0.25) is 0 Å². The largest absolute Gasteiger partial charge is 0.416 e. The summed E-state index contributed by atoms with van der Waals surface area (Å²) >= 11 is 0. The molecule has 1 saturated heterocycles. The van der Waals surface area contributed by atoms with Crippen molar-refractivity contribution in [1.82, 2.24) is 5.32 Å². The van der Waals surface area contributed by atoms with Crippen molar-refractivity contribution >= 4 is 5.69 Å². The van der Waals surface area contributed by atoms with Crippen LogP contribution in [0.4, 0.5) is 18.9 Å². The SMILES string of the molecule is CCNCC1CCN(c2ccc(C(F)(F)F)cc2)C1. The predicted octanol–water partition coefficient (Wildman–Crippen LogP) is 3.14. The van der Waals surface area contributed by atoms with E-state index in [9.17, 15) is 13.2 Å². The lowest BCUT2D eigenvalue weighted by atomic mass is 10.1. The van der Waals surface area contributed by atoms with Crippen LogP contribution in [0.1, 0.15) is 18.9 Å². The van der Waals surface area contributed by atoms with Crippen molar-refractivity contribution in [2.75, 3.05) is 31.1 Å². The van der Waals surface area contributed by atoms with Crippen molar-refractivity contribution in [3.05, 3.63) is 29.8 Å². The van der Waals surface area contributed by atoms with Gasteiger partial charge >= 0.3 is 6.18 Å². The Morgan fingerprint density at radius 2 is 1.95 bits per heavy atom. The average molecular weight is 272 g/mol. The molecule has 0 saturated carbocycles. The highest BCUT2D eigenvalue weighted by molar-refractivity contribution is 5.49. The first kappa shape index (κ1) is 14.2. The molecule has 0 spiro atoms. The van der Waals surface area contributed by atoms with E-state index < -0.39 is 11.7 Å². The molecule has 2 rings (SSSR count). The Labute approximate surface area is 111 Å². The standard InChI is InChI=1S/C14H19F3N2/c1-2-18-9-11-7-8-19(10-11)13-5-3-12(4-6-13)14(15,16)17/h3-6,11,18H,2,7-10H2,1H3. The van der Waals surface area contributed by atoms with Crippen molar-refractivity contribution in [3.8, 4) is 0 Å². The van der Waals surface area contributed by atoms with Crippen molar-refractivity contribution in [1.29, 1.82) is 0 Å². The predicted molar refractivity (Wildman–Crippen MR) is 70.3 cm³/mol. The van der Waals surface area contributed by atoms with E-state index in [1.165, 1.54) is 0 Å². The molecule has 1 aromatic carbocycles. The van der Waals surface area contributed by atoms with E-state index >= 15 is 0 Å². The first-order valence-electron chi connectivity index (χ1n) is 6.63. The monoisotopic (exact) mass is 272 g/mol. The normalized spacial score (nSPS) is 20.0. The summed E-state index contributed by atoms with van der Waals surface area (Å²) in [5.74, 6) is 0.585. The maximum absolute atomic E-state index is 12.5. The van der Waals surface area contributed by atoms with E-state index in [0.717, 1.165) is 50.4 Å². The molecular weight excluding hydrogens is 253 g/mol. The molecule has 1 unspecified atom stereocenters. The van der Waals surface area contributed by atoms with Crippen molar-refractivity contribution in [2.24, 2.45) is 5.92 Å². The molecule has 1 N–H and O–H groups in total. The quantitative estimate of drug-likeness (QED) is 0.906. The number of hydrogen-bond acceptors (Lipinski definition) is 2. The third kappa shape index (κ3) is 3.62. The van der Waals surface area contributed by atoms with Gasteiger partial charge in [-0.3, -0.25) is 0 Å². The van der Waals surface area contributed by atoms with Crippen LogP contribution in [-0.2, 0) is 6.18 Å². The molecule has 1 aromatic rings. The highest BCUT2D eigenvalue weighted by Gasteiger charge is 2.30. The minimum Gasteiger partial charge on any atom is -0.371 e. The van der Waals surface area contributed by atoms with Crippen molar-refractivity contribution < 1.29 is 13.2 Å². The number of benzene rings is 1. The molecule has 0 amide bonds. The molecule has 0 radical (unpaired) electrons. The highest BCUT2D eigenvalue weighted by Crippen LogP contribution is 2.31. The van der Waals surface area contributed by atoms with Gasteiger partial charge in [0.15, 0.2) is 0 Å². The smallest absolute Gasteiger partial charge is 0.371 e. The molecule has 0 aromatic heterocycles. The van der Waals surface area contributed by atoms with E-state index in [1.807, 2.05) is 0 Å². The first-order valence-corrected chi connectivity index (χ1v) is 6.63. The second-order valence-electron chi connectivity index (χ2n) is 4.95. The number of halogens is 3. The van der Waals surface area contributed by atoms with Gasteiger partial charge in [0.1, 0.15) is 0 Å². The molecule has 1 aliphatic rings. The number of hydrogen-bond donors (Lipinski definition) is 1. The number of rotatable bonds is 4. The van der Waals surface area contributed by atoms with Gasteiger partial charge in [0, 0.05) is 18.8 Å². The first-order chi connectivity index (χ1) is 9.00. The van der Waals surface area contributed by atoms with Crippen LogP contribution in [0.5, 0.6) is 0 Å². The Hall–Kier alpha value is -1.23. The molecule has 5 heteroatoms. The van der Waals surface area contributed by atoms with E-state index in [1.54, 1.807) is 12.1 Å². The maximum atomic E-state index is 12.5. The van der Waals surface area contributed by atoms with E-state index in [4.69, 9.17) is 0 Å². The summed E-state index contributed by atoms with van der Waals surface area (Å²) in [4.78, 5) is 2.15.